The van der Waals surface area contributed by atoms with Crippen molar-refractivity contribution in [2.24, 2.45) is 0 Å². The molecule has 1 aromatic heterocycles. The van der Waals surface area contributed by atoms with Gasteiger partial charge in [-0.1, -0.05) is 17.7 Å². The number of benzene rings is 1. The zero-order valence-corrected chi connectivity index (χ0v) is 10.7. The Hall–Kier alpha value is -1.39. The van der Waals surface area contributed by atoms with Crippen LogP contribution in [-0.2, 0) is 0 Å². The number of hydrogen-bond donors (Lipinski definition) is 1. The van der Waals surface area contributed by atoms with Crippen molar-refractivity contribution in [1.29, 1.82) is 0 Å². The summed E-state index contributed by atoms with van der Waals surface area (Å²) in [6.45, 7) is 2.03. The van der Waals surface area contributed by atoms with E-state index in [1.807, 2.05) is 24.3 Å². The third-order valence-corrected chi connectivity index (χ3v) is 3.44. The Kier molecular flexibility index (Phi) is 3.30. The Bertz CT molecular complexity index is 535. The minimum atomic E-state index is 0.381. The lowest BCUT2D eigenvalue weighted by Crippen LogP contribution is -2.26. The van der Waals surface area contributed by atoms with E-state index in [9.17, 15) is 0 Å². The van der Waals surface area contributed by atoms with Gasteiger partial charge < -0.3 is 9.73 Å². The quantitative estimate of drug-likeness (QED) is 0.905. The van der Waals surface area contributed by atoms with E-state index in [-0.39, 0.29) is 0 Å². The minimum Gasteiger partial charge on any atom is -0.420 e. The number of piperidine rings is 1. The summed E-state index contributed by atoms with van der Waals surface area (Å²) in [5, 5.41) is 12.3. The summed E-state index contributed by atoms with van der Waals surface area (Å²) in [7, 11) is 0. The van der Waals surface area contributed by atoms with Crippen LogP contribution in [0.4, 0.5) is 0 Å². The molecule has 1 fully saturated rings. The third kappa shape index (κ3) is 2.40. The van der Waals surface area contributed by atoms with Crippen molar-refractivity contribution in [3.05, 3.63) is 35.2 Å². The molecule has 18 heavy (non-hydrogen) atoms. The van der Waals surface area contributed by atoms with E-state index in [0.29, 0.717) is 16.8 Å². The molecule has 3 rings (SSSR count). The van der Waals surface area contributed by atoms with Crippen LogP contribution in [0.2, 0.25) is 5.02 Å². The monoisotopic (exact) mass is 263 g/mol. The van der Waals surface area contributed by atoms with Crippen molar-refractivity contribution >= 4 is 11.6 Å². The molecule has 0 aliphatic carbocycles. The second-order valence-electron chi connectivity index (χ2n) is 4.48. The first-order chi connectivity index (χ1) is 8.83. The standard InChI is InChI=1S/C13H14ClN3O/c14-11-3-1-2-10(8-11)13-17-16-12(18-13)9-4-6-15-7-5-9/h1-3,8-9,15H,4-7H2. The highest BCUT2D eigenvalue weighted by atomic mass is 35.5. The molecule has 1 aliphatic rings. The molecule has 0 unspecified atom stereocenters. The molecule has 0 saturated carbocycles. The van der Waals surface area contributed by atoms with Crippen LogP contribution in [0.1, 0.15) is 24.7 Å². The second-order valence-corrected chi connectivity index (χ2v) is 4.92. The minimum absolute atomic E-state index is 0.381. The average molecular weight is 264 g/mol. The van der Waals surface area contributed by atoms with E-state index in [1.165, 1.54) is 0 Å². The van der Waals surface area contributed by atoms with Gasteiger partial charge in [0.2, 0.25) is 11.8 Å². The first kappa shape index (κ1) is 11.7. The maximum absolute atomic E-state index is 5.95. The van der Waals surface area contributed by atoms with Gasteiger partial charge in [0.1, 0.15) is 0 Å². The summed E-state index contributed by atoms with van der Waals surface area (Å²) in [4.78, 5) is 0. The van der Waals surface area contributed by atoms with E-state index >= 15 is 0 Å². The molecule has 94 valence electrons. The van der Waals surface area contributed by atoms with Gasteiger partial charge in [-0.15, -0.1) is 10.2 Å². The van der Waals surface area contributed by atoms with Crippen LogP contribution < -0.4 is 5.32 Å². The summed E-state index contributed by atoms with van der Waals surface area (Å²) in [5.74, 6) is 1.67. The SMILES string of the molecule is Clc1cccc(-c2nnc(C3CCNCC3)o2)c1. The molecule has 1 N–H and O–H groups in total. The molecule has 1 aromatic carbocycles. The van der Waals surface area contributed by atoms with Crippen molar-refractivity contribution in [3.63, 3.8) is 0 Å². The lowest BCUT2D eigenvalue weighted by Gasteiger charge is -2.18. The van der Waals surface area contributed by atoms with E-state index in [2.05, 4.69) is 15.5 Å². The van der Waals surface area contributed by atoms with Gasteiger partial charge in [0.05, 0.1) is 0 Å². The lowest BCUT2D eigenvalue weighted by atomic mass is 9.98. The Balaban J connectivity index is 1.84. The number of nitrogens with zero attached hydrogens (tertiary/aromatic N) is 2. The second kappa shape index (κ2) is 5.08. The Labute approximate surface area is 110 Å². The van der Waals surface area contributed by atoms with Gasteiger partial charge in [0.25, 0.3) is 0 Å². The number of aromatic nitrogens is 2. The molecule has 1 saturated heterocycles. The van der Waals surface area contributed by atoms with Gasteiger partial charge in [0, 0.05) is 16.5 Å². The lowest BCUT2D eigenvalue weighted by molar-refractivity contribution is 0.378. The predicted molar refractivity (Wildman–Crippen MR) is 69.6 cm³/mol. The Morgan fingerprint density at radius 2 is 2.06 bits per heavy atom. The molecular weight excluding hydrogens is 250 g/mol. The third-order valence-electron chi connectivity index (χ3n) is 3.20. The molecular formula is C13H14ClN3O. The maximum Gasteiger partial charge on any atom is 0.247 e. The highest BCUT2D eigenvalue weighted by Gasteiger charge is 2.21. The summed E-state index contributed by atoms with van der Waals surface area (Å²) < 4.78 is 5.76. The van der Waals surface area contributed by atoms with Gasteiger partial charge in [-0.2, -0.15) is 0 Å². The molecule has 0 bridgehead atoms. The van der Waals surface area contributed by atoms with E-state index < -0.39 is 0 Å². The van der Waals surface area contributed by atoms with Gasteiger partial charge >= 0.3 is 0 Å². The first-order valence-corrected chi connectivity index (χ1v) is 6.51. The number of nitrogens with one attached hydrogen (secondary N) is 1. The highest BCUT2D eigenvalue weighted by molar-refractivity contribution is 6.30. The molecule has 1 aliphatic heterocycles. The van der Waals surface area contributed by atoms with Crippen molar-refractivity contribution in [3.8, 4) is 11.5 Å². The molecule has 0 radical (unpaired) electrons. The zero-order valence-electron chi connectivity index (χ0n) is 9.90. The normalized spacial score (nSPS) is 16.9. The maximum atomic E-state index is 5.95. The highest BCUT2D eigenvalue weighted by Crippen LogP contribution is 2.27. The van der Waals surface area contributed by atoms with E-state index in [0.717, 1.165) is 37.4 Å². The molecule has 4 nitrogen and oxygen atoms in total. The average Bonchev–Trinajstić information content (AvgIpc) is 2.89. The van der Waals surface area contributed by atoms with Crippen LogP contribution in [-0.4, -0.2) is 23.3 Å². The predicted octanol–water partition coefficient (Wildman–Crippen LogP) is 2.86. The number of rotatable bonds is 2. The molecule has 2 heterocycles. The zero-order chi connectivity index (χ0) is 12.4. The van der Waals surface area contributed by atoms with Crippen molar-refractivity contribution in [1.82, 2.24) is 15.5 Å². The fraction of sp³-hybridized carbons (Fsp3) is 0.385. The summed E-state index contributed by atoms with van der Waals surface area (Å²) in [6.07, 6.45) is 2.11. The Morgan fingerprint density at radius 3 is 2.83 bits per heavy atom. The van der Waals surface area contributed by atoms with Crippen LogP contribution in [0.5, 0.6) is 0 Å². The summed E-state index contributed by atoms with van der Waals surface area (Å²) in [5.41, 5.74) is 0.871. The van der Waals surface area contributed by atoms with Gasteiger partial charge in [-0.25, -0.2) is 0 Å². The first-order valence-electron chi connectivity index (χ1n) is 6.13. The van der Waals surface area contributed by atoms with Crippen molar-refractivity contribution in [2.45, 2.75) is 18.8 Å². The summed E-state index contributed by atoms with van der Waals surface area (Å²) >= 11 is 5.95. The number of hydrogen-bond acceptors (Lipinski definition) is 4. The van der Waals surface area contributed by atoms with Crippen LogP contribution in [0, 0.1) is 0 Å². The molecule has 5 heteroatoms. The number of halogens is 1. The Morgan fingerprint density at radius 1 is 1.22 bits per heavy atom. The molecule has 0 atom stereocenters. The van der Waals surface area contributed by atoms with E-state index in [4.69, 9.17) is 16.0 Å². The largest absolute Gasteiger partial charge is 0.420 e. The van der Waals surface area contributed by atoms with Crippen LogP contribution in [0.15, 0.2) is 28.7 Å². The van der Waals surface area contributed by atoms with Crippen LogP contribution in [0.25, 0.3) is 11.5 Å². The van der Waals surface area contributed by atoms with Gasteiger partial charge in [-0.05, 0) is 44.1 Å². The van der Waals surface area contributed by atoms with Gasteiger partial charge in [0.15, 0.2) is 0 Å². The van der Waals surface area contributed by atoms with Crippen LogP contribution >= 0.6 is 11.6 Å². The van der Waals surface area contributed by atoms with Crippen LogP contribution in [0.3, 0.4) is 0 Å². The fourth-order valence-electron chi connectivity index (χ4n) is 2.21. The smallest absolute Gasteiger partial charge is 0.247 e. The van der Waals surface area contributed by atoms with Crippen molar-refractivity contribution < 1.29 is 4.42 Å². The van der Waals surface area contributed by atoms with Gasteiger partial charge in [-0.3, -0.25) is 0 Å². The topological polar surface area (TPSA) is 51.0 Å². The molecule has 0 spiro atoms. The van der Waals surface area contributed by atoms with Crippen molar-refractivity contribution in [2.75, 3.05) is 13.1 Å². The molecule has 2 aromatic rings. The molecule has 0 amide bonds. The fourth-order valence-corrected chi connectivity index (χ4v) is 2.40. The van der Waals surface area contributed by atoms with E-state index in [1.54, 1.807) is 0 Å². The summed E-state index contributed by atoms with van der Waals surface area (Å²) in [6, 6.07) is 7.47.